The van der Waals surface area contributed by atoms with Gasteiger partial charge in [0.15, 0.2) is 18.1 Å². The van der Waals surface area contributed by atoms with E-state index >= 15 is 0 Å². The Labute approximate surface area is 149 Å². The standard InChI is InChI=1S/C19H28N2O4/c1-5-13(2)21-16(22)9-10-20-17(23)12-24-15-8-6-7-14-11-19(3,4)25-18(14)15/h6-8,13H,5,9-12H2,1-4H3,(H,20,23)(H,21,22). The van der Waals surface area contributed by atoms with Crippen LogP contribution in [0.15, 0.2) is 18.2 Å². The number of carbonyl (C=O) groups is 2. The molecule has 1 atom stereocenters. The molecule has 0 saturated carbocycles. The van der Waals surface area contributed by atoms with Crippen LogP contribution in [0.5, 0.6) is 11.5 Å². The third-order valence-corrected chi connectivity index (χ3v) is 4.11. The first-order valence-electron chi connectivity index (χ1n) is 8.80. The monoisotopic (exact) mass is 348 g/mol. The largest absolute Gasteiger partial charge is 0.483 e. The van der Waals surface area contributed by atoms with Crippen LogP contribution in [-0.4, -0.2) is 36.6 Å². The highest BCUT2D eigenvalue weighted by atomic mass is 16.5. The van der Waals surface area contributed by atoms with Crippen molar-refractivity contribution in [3.8, 4) is 11.5 Å². The molecule has 2 N–H and O–H groups in total. The number of ether oxygens (including phenoxy) is 2. The van der Waals surface area contributed by atoms with E-state index in [9.17, 15) is 9.59 Å². The van der Waals surface area contributed by atoms with Crippen molar-refractivity contribution in [3.63, 3.8) is 0 Å². The lowest BCUT2D eigenvalue weighted by Gasteiger charge is -2.18. The molecule has 2 amide bonds. The molecule has 1 aliphatic heterocycles. The topological polar surface area (TPSA) is 76.7 Å². The summed E-state index contributed by atoms with van der Waals surface area (Å²) in [5.74, 6) is 0.972. The fourth-order valence-electron chi connectivity index (χ4n) is 2.66. The molecule has 6 heteroatoms. The third kappa shape index (κ3) is 5.66. The molecule has 25 heavy (non-hydrogen) atoms. The minimum atomic E-state index is -0.258. The maximum Gasteiger partial charge on any atom is 0.257 e. The van der Waals surface area contributed by atoms with Gasteiger partial charge in [-0.3, -0.25) is 9.59 Å². The minimum absolute atomic E-state index is 0.0629. The fraction of sp³-hybridized carbons (Fsp3) is 0.579. The van der Waals surface area contributed by atoms with E-state index in [0.29, 0.717) is 18.0 Å². The molecule has 0 spiro atoms. The predicted molar refractivity (Wildman–Crippen MR) is 95.9 cm³/mol. The van der Waals surface area contributed by atoms with E-state index in [2.05, 4.69) is 10.6 Å². The van der Waals surface area contributed by atoms with Crippen molar-refractivity contribution >= 4 is 11.8 Å². The number of nitrogens with one attached hydrogen (secondary N) is 2. The predicted octanol–water partition coefficient (Wildman–Crippen LogP) is 2.20. The lowest BCUT2D eigenvalue weighted by molar-refractivity contribution is -0.123. The highest BCUT2D eigenvalue weighted by Crippen LogP contribution is 2.41. The SMILES string of the molecule is CCC(C)NC(=O)CCNC(=O)COc1cccc2c1OC(C)(C)C2. The van der Waals surface area contributed by atoms with Gasteiger partial charge in [-0.1, -0.05) is 19.1 Å². The molecule has 2 rings (SSSR count). The molecule has 1 aromatic rings. The molecule has 0 radical (unpaired) electrons. The van der Waals surface area contributed by atoms with Crippen molar-refractivity contribution in [2.75, 3.05) is 13.2 Å². The van der Waals surface area contributed by atoms with Crippen LogP contribution in [0.25, 0.3) is 0 Å². The van der Waals surface area contributed by atoms with E-state index < -0.39 is 0 Å². The molecule has 0 aromatic heterocycles. The van der Waals surface area contributed by atoms with Gasteiger partial charge in [-0.2, -0.15) is 0 Å². The second kappa shape index (κ2) is 8.23. The van der Waals surface area contributed by atoms with Crippen LogP contribution in [0, 0.1) is 0 Å². The molecule has 1 aromatic carbocycles. The number of rotatable bonds is 8. The van der Waals surface area contributed by atoms with Gasteiger partial charge in [-0.15, -0.1) is 0 Å². The van der Waals surface area contributed by atoms with Gasteiger partial charge < -0.3 is 20.1 Å². The fourth-order valence-corrected chi connectivity index (χ4v) is 2.66. The summed E-state index contributed by atoms with van der Waals surface area (Å²) in [7, 11) is 0. The van der Waals surface area contributed by atoms with Crippen LogP contribution in [0.3, 0.4) is 0 Å². The first-order chi connectivity index (χ1) is 11.8. The number of amides is 2. The van der Waals surface area contributed by atoms with Crippen molar-refractivity contribution in [1.29, 1.82) is 0 Å². The van der Waals surface area contributed by atoms with Crippen LogP contribution in [0.1, 0.15) is 46.1 Å². The van der Waals surface area contributed by atoms with Crippen molar-refractivity contribution in [1.82, 2.24) is 10.6 Å². The summed E-state index contributed by atoms with van der Waals surface area (Å²) in [6, 6.07) is 5.85. The number of hydrogen-bond donors (Lipinski definition) is 2. The van der Waals surface area contributed by atoms with Crippen molar-refractivity contribution in [3.05, 3.63) is 23.8 Å². The van der Waals surface area contributed by atoms with Crippen LogP contribution < -0.4 is 20.1 Å². The quantitative estimate of drug-likeness (QED) is 0.755. The summed E-state index contributed by atoms with van der Waals surface area (Å²) in [6.07, 6.45) is 1.96. The zero-order valence-electron chi connectivity index (χ0n) is 15.5. The molecule has 6 nitrogen and oxygen atoms in total. The number of fused-ring (bicyclic) bond motifs is 1. The Morgan fingerprint density at radius 2 is 2.08 bits per heavy atom. The Bertz CT molecular complexity index is 628. The van der Waals surface area contributed by atoms with Gasteiger partial charge in [0.05, 0.1) is 0 Å². The highest BCUT2D eigenvalue weighted by molar-refractivity contribution is 5.80. The number of para-hydroxylation sites is 1. The van der Waals surface area contributed by atoms with E-state index in [1.54, 1.807) is 6.07 Å². The third-order valence-electron chi connectivity index (χ3n) is 4.11. The van der Waals surface area contributed by atoms with Crippen molar-refractivity contribution < 1.29 is 19.1 Å². The average Bonchev–Trinajstić information content (AvgIpc) is 2.87. The highest BCUT2D eigenvalue weighted by Gasteiger charge is 2.32. The molecular formula is C19H28N2O4. The zero-order valence-corrected chi connectivity index (χ0v) is 15.5. The lowest BCUT2D eigenvalue weighted by Crippen LogP contribution is -2.36. The summed E-state index contributed by atoms with van der Waals surface area (Å²) in [5.41, 5.74) is 0.831. The number of carbonyl (C=O) groups excluding carboxylic acids is 2. The van der Waals surface area contributed by atoms with Crippen molar-refractivity contribution in [2.24, 2.45) is 0 Å². The summed E-state index contributed by atoms with van der Waals surface area (Å²) in [4.78, 5) is 23.5. The van der Waals surface area contributed by atoms with E-state index in [4.69, 9.17) is 9.47 Å². The maximum absolute atomic E-state index is 11.9. The Morgan fingerprint density at radius 3 is 2.80 bits per heavy atom. The number of hydrogen-bond acceptors (Lipinski definition) is 4. The van der Waals surface area contributed by atoms with Crippen LogP contribution >= 0.6 is 0 Å². The molecular weight excluding hydrogens is 320 g/mol. The Balaban J connectivity index is 1.75. The molecule has 0 aliphatic carbocycles. The Morgan fingerprint density at radius 1 is 1.32 bits per heavy atom. The summed E-state index contributed by atoms with van der Waals surface area (Å²) in [5, 5.41) is 5.55. The molecule has 0 bridgehead atoms. The molecule has 0 fully saturated rings. The minimum Gasteiger partial charge on any atom is -0.483 e. The second-order valence-corrected chi connectivity index (χ2v) is 7.05. The summed E-state index contributed by atoms with van der Waals surface area (Å²) < 4.78 is 11.5. The van der Waals surface area contributed by atoms with Crippen molar-refractivity contribution in [2.45, 2.75) is 58.6 Å². The molecule has 1 heterocycles. The van der Waals surface area contributed by atoms with E-state index in [0.717, 1.165) is 18.4 Å². The molecule has 1 aliphatic rings. The lowest BCUT2D eigenvalue weighted by atomic mass is 10.0. The molecule has 138 valence electrons. The molecule has 0 saturated heterocycles. The number of benzene rings is 1. The van der Waals surface area contributed by atoms with Gasteiger partial charge in [0.25, 0.3) is 5.91 Å². The first-order valence-corrected chi connectivity index (χ1v) is 8.80. The van der Waals surface area contributed by atoms with Gasteiger partial charge >= 0.3 is 0 Å². The maximum atomic E-state index is 11.9. The van der Waals surface area contributed by atoms with Gasteiger partial charge in [0.1, 0.15) is 5.60 Å². The van der Waals surface area contributed by atoms with Crippen LogP contribution in [0.2, 0.25) is 0 Å². The van der Waals surface area contributed by atoms with Gasteiger partial charge in [0, 0.05) is 31.0 Å². The average molecular weight is 348 g/mol. The summed E-state index contributed by atoms with van der Waals surface area (Å²) in [6.45, 7) is 8.19. The zero-order chi connectivity index (χ0) is 18.4. The van der Waals surface area contributed by atoms with Gasteiger partial charge in [-0.25, -0.2) is 0 Å². The Kier molecular flexibility index (Phi) is 6.28. The van der Waals surface area contributed by atoms with E-state index in [1.807, 2.05) is 39.8 Å². The first kappa shape index (κ1) is 19.1. The summed E-state index contributed by atoms with van der Waals surface area (Å²) >= 11 is 0. The Hall–Kier alpha value is -2.24. The van der Waals surface area contributed by atoms with E-state index in [-0.39, 0.29) is 36.5 Å². The normalized spacial score (nSPS) is 15.7. The van der Waals surface area contributed by atoms with Crippen LogP contribution in [0.4, 0.5) is 0 Å². The van der Waals surface area contributed by atoms with Crippen LogP contribution in [-0.2, 0) is 16.0 Å². The van der Waals surface area contributed by atoms with Gasteiger partial charge in [-0.05, 0) is 33.3 Å². The van der Waals surface area contributed by atoms with Gasteiger partial charge in [0.2, 0.25) is 5.91 Å². The smallest absolute Gasteiger partial charge is 0.257 e. The molecule has 1 unspecified atom stereocenters. The second-order valence-electron chi connectivity index (χ2n) is 7.05. The van der Waals surface area contributed by atoms with E-state index in [1.165, 1.54) is 0 Å².